The second-order valence-electron chi connectivity index (χ2n) is 8.55. The fourth-order valence-electron chi connectivity index (χ4n) is 5.34. The lowest BCUT2D eigenvalue weighted by Gasteiger charge is -2.45. The summed E-state index contributed by atoms with van der Waals surface area (Å²) in [5, 5.41) is 2.92. The van der Waals surface area contributed by atoms with Crippen molar-refractivity contribution in [3.63, 3.8) is 0 Å². The van der Waals surface area contributed by atoms with Crippen molar-refractivity contribution in [2.75, 3.05) is 19.7 Å². The summed E-state index contributed by atoms with van der Waals surface area (Å²) in [4.78, 5) is 29.1. The largest absolute Gasteiger partial charge is 0.450 e. The number of benzene rings is 1. The summed E-state index contributed by atoms with van der Waals surface area (Å²) < 4.78 is 32.3. The highest BCUT2D eigenvalue weighted by atomic mass is 19.1. The maximum atomic E-state index is 13.9. The average Bonchev–Trinajstić information content (AvgIpc) is 2.98. The molecular weight excluding hydrogens is 392 g/mol. The molecule has 6 nitrogen and oxygen atoms in total. The van der Waals surface area contributed by atoms with Crippen LogP contribution >= 0.6 is 0 Å². The van der Waals surface area contributed by atoms with E-state index >= 15 is 0 Å². The zero-order valence-electron chi connectivity index (χ0n) is 17.3. The Kier molecular flexibility index (Phi) is 6.22. The summed E-state index contributed by atoms with van der Waals surface area (Å²) in [6.07, 6.45) is 5.44. The number of halogens is 2. The van der Waals surface area contributed by atoms with Gasteiger partial charge in [0.1, 0.15) is 11.6 Å². The lowest BCUT2D eigenvalue weighted by atomic mass is 9.93. The van der Waals surface area contributed by atoms with Gasteiger partial charge in [0, 0.05) is 36.8 Å². The first-order valence-electron chi connectivity index (χ1n) is 10.9. The highest BCUT2D eigenvalue weighted by Gasteiger charge is 2.45. The van der Waals surface area contributed by atoms with Crippen molar-refractivity contribution in [1.29, 1.82) is 0 Å². The van der Waals surface area contributed by atoms with Gasteiger partial charge in [-0.25, -0.2) is 13.6 Å². The number of piperidine rings is 2. The van der Waals surface area contributed by atoms with E-state index < -0.39 is 17.5 Å². The van der Waals surface area contributed by atoms with E-state index in [2.05, 4.69) is 10.2 Å². The van der Waals surface area contributed by atoms with Crippen LogP contribution in [0.5, 0.6) is 0 Å². The van der Waals surface area contributed by atoms with Crippen molar-refractivity contribution in [3.05, 3.63) is 35.4 Å². The number of amides is 2. The van der Waals surface area contributed by atoms with Gasteiger partial charge in [-0.15, -0.1) is 0 Å². The van der Waals surface area contributed by atoms with Crippen LogP contribution in [0.4, 0.5) is 13.6 Å². The van der Waals surface area contributed by atoms with Crippen molar-refractivity contribution in [1.82, 2.24) is 15.1 Å². The van der Waals surface area contributed by atoms with Crippen molar-refractivity contribution in [2.24, 2.45) is 0 Å². The fraction of sp³-hybridized carbons (Fsp3) is 0.636. The molecule has 1 aromatic carbocycles. The molecule has 1 N–H and O–H groups in total. The smallest absolute Gasteiger partial charge is 0.410 e. The van der Waals surface area contributed by atoms with Crippen molar-refractivity contribution < 1.29 is 23.1 Å². The summed E-state index contributed by atoms with van der Waals surface area (Å²) in [6, 6.07) is 3.75. The number of hydrogen-bond donors (Lipinski definition) is 1. The Labute approximate surface area is 175 Å². The quantitative estimate of drug-likeness (QED) is 0.810. The molecule has 30 heavy (non-hydrogen) atoms. The van der Waals surface area contributed by atoms with Gasteiger partial charge in [-0.3, -0.25) is 9.69 Å². The van der Waals surface area contributed by atoms with Crippen LogP contribution in [0.3, 0.4) is 0 Å². The van der Waals surface area contributed by atoms with Crippen LogP contribution < -0.4 is 5.32 Å². The Morgan fingerprint density at radius 3 is 2.53 bits per heavy atom. The van der Waals surface area contributed by atoms with Crippen molar-refractivity contribution in [3.8, 4) is 0 Å². The highest BCUT2D eigenvalue weighted by Crippen LogP contribution is 2.38. The molecule has 0 aliphatic carbocycles. The van der Waals surface area contributed by atoms with Gasteiger partial charge in [0.2, 0.25) is 0 Å². The van der Waals surface area contributed by atoms with E-state index in [-0.39, 0.29) is 29.8 Å². The molecule has 1 aromatic rings. The van der Waals surface area contributed by atoms with Crippen molar-refractivity contribution >= 4 is 12.0 Å². The van der Waals surface area contributed by atoms with Gasteiger partial charge in [0.05, 0.1) is 12.2 Å². The molecule has 2 bridgehead atoms. The van der Waals surface area contributed by atoms with Crippen LogP contribution in [0.2, 0.25) is 0 Å². The van der Waals surface area contributed by atoms with Crippen LogP contribution in [0.15, 0.2) is 18.2 Å². The first-order valence-corrected chi connectivity index (χ1v) is 10.9. The van der Waals surface area contributed by atoms with E-state index in [0.717, 1.165) is 57.2 Å². The predicted molar refractivity (Wildman–Crippen MR) is 107 cm³/mol. The lowest BCUT2D eigenvalue weighted by molar-refractivity contribution is 0.0308. The van der Waals surface area contributed by atoms with E-state index in [1.54, 1.807) is 0 Å². The van der Waals surface area contributed by atoms with E-state index in [1.807, 2.05) is 11.8 Å². The number of fused-ring (bicyclic) bond motifs is 2. The Balaban J connectivity index is 1.36. The second kappa shape index (κ2) is 8.88. The minimum absolute atomic E-state index is 0.0727. The molecule has 2 unspecified atom stereocenters. The first-order chi connectivity index (χ1) is 14.5. The summed E-state index contributed by atoms with van der Waals surface area (Å²) in [5.74, 6) is -2.05. The van der Waals surface area contributed by atoms with E-state index in [0.29, 0.717) is 19.2 Å². The van der Waals surface area contributed by atoms with Crippen LogP contribution in [-0.4, -0.2) is 65.7 Å². The van der Waals surface area contributed by atoms with Gasteiger partial charge in [-0.05, 0) is 64.1 Å². The third-order valence-corrected chi connectivity index (χ3v) is 6.67. The highest BCUT2D eigenvalue weighted by molar-refractivity contribution is 5.94. The molecule has 3 atom stereocenters. The number of carbonyl (C=O) groups excluding carboxylic acids is 2. The van der Waals surface area contributed by atoms with Crippen LogP contribution in [0.25, 0.3) is 0 Å². The Bertz CT molecular complexity index is 792. The summed E-state index contributed by atoms with van der Waals surface area (Å²) >= 11 is 0. The summed E-state index contributed by atoms with van der Waals surface area (Å²) in [5.41, 5.74) is -0.130. The molecule has 3 saturated heterocycles. The molecule has 3 aliphatic rings. The number of hydrogen-bond acceptors (Lipinski definition) is 4. The minimum Gasteiger partial charge on any atom is -0.450 e. The molecule has 0 aromatic heterocycles. The predicted octanol–water partition coefficient (Wildman–Crippen LogP) is 3.31. The zero-order chi connectivity index (χ0) is 21.3. The molecule has 0 radical (unpaired) electrons. The van der Waals surface area contributed by atoms with Crippen molar-refractivity contribution in [2.45, 2.75) is 69.6 Å². The van der Waals surface area contributed by atoms with Gasteiger partial charge in [0.25, 0.3) is 5.91 Å². The van der Waals surface area contributed by atoms with Gasteiger partial charge in [-0.1, -0.05) is 0 Å². The summed E-state index contributed by atoms with van der Waals surface area (Å²) in [7, 11) is 0. The molecule has 8 heteroatoms. The molecule has 164 valence electrons. The van der Waals surface area contributed by atoms with E-state index in [1.165, 1.54) is 6.07 Å². The number of ether oxygens (including phenoxy) is 1. The molecule has 0 spiro atoms. The number of nitrogens with zero attached hydrogens (tertiary/aromatic N) is 2. The average molecular weight is 421 g/mol. The topological polar surface area (TPSA) is 61.9 Å². The van der Waals surface area contributed by atoms with Crippen LogP contribution in [-0.2, 0) is 4.74 Å². The van der Waals surface area contributed by atoms with Crippen LogP contribution in [0.1, 0.15) is 55.8 Å². The van der Waals surface area contributed by atoms with Gasteiger partial charge >= 0.3 is 6.09 Å². The van der Waals surface area contributed by atoms with E-state index in [4.69, 9.17) is 4.74 Å². The molecular formula is C22H29F2N3O3. The number of likely N-dealkylation sites (tertiary alicyclic amines) is 1. The number of rotatable bonds is 4. The maximum Gasteiger partial charge on any atom is 0.410 e. The summed E-state index contributed by atoms with van der Waals surface area (Å²) in [6.45, 7) is 3.88. The molecule has 3 fully saturated rings. The molecule has 0 saturated carbocycles. The molecule has 2 amide bonds. The fourth-order valence-corrected chi connectivity index (χ4v) is 5.34. The van der Waals surface area contributed by atoms with Gasteiger partial charge in [0.15, 0.2) is 0 Å². The Morgan fingerprint density at radius 1 is 1.13 bits per heavy atom. The lowest BCUT2D eigenvalue weighted by Crippen LogP contribution is -2.56. The monoisotopic (exact) mass is 421 g/mol. The third kappa shape index (κ3) is 4.29. The van der Waals surface area contributed by atoms with E-state index in [9.17, 15) is 18.4 Å². The number of nitrogens with one attached hydrogen (secondary N) is 1. The Morgan fingerprint density at radius 2 is 1.87 bits per heavy atom. The second-order valence-corrected chi connectivity index (χ2v) is 8.55. The Hall–Kier alpha value is -2.22. The number of carbonyl (C=O) groups is 2. The molecule has 3 aliphatic heterocycles. The third-order valence-electron chi connectivity index (χ3n) is 6.67. The maximum absolute atomic E-state index is 13.9. The SMILES string of the molecule is CCOC(=O)N1C2CCC1CC(N1CCC[C@@H](NC(=O)c3ccc(F)cc3F)C1)C2. The van der Waals surface area contributed by atoms with Crippen LogP contribution in [0, 0.1) is 11.6 Å². The van der Waals surface area contributed by atoms with Gasteiger partial charge < -0.3 is 15.0 Å². The zero-order valence-corrected chi connectivity index (χ0v) is 17.3. The van der Waals surface area contributed by atoms with Gasteiger partial charge in [-0.2, -0.15) is 0 Å². The standard InChI is InChI=1S/C22H29F2N3O3/c1-2-30-22(29)27-16-6-7-17(27)12-18(11-16)26-9-3-4-15(13-26)25-21(28)19-8-5-14(23)10-20(19)24/h5,8,10,15-18H,2-4,6-7,9,11-13H2,1H3,(H,25,28)/t15-,16?,17?,18?/m1/s1. The first kappa shape index (κ1) is 21.0. The molecule has 4 rings (SSSR count). The molecule has 3 heterocycles. The normalized spacial score (nSPS) is 29.0. The minimum atomic E-state index is -0.844.